The number of fused-ring (bicyclic) bond motifs is 2. The van der Waals surface area contributed by atoms with E-state index < -0.39 is 18.1 Å². The topological polar surface area (TPSA) is 140 Å². The molecule has 4 heterocycles. The molecule has 202 valence electrons. The molecule has 1 atom stereocenters. The first-order valence-corrected chi connectivity index (χ1v) is 12.8. The van der Waals surface area contributed by atoms with Crippen LogP contribution in [0.4, 0.5) is 10.6 Å². The molecule has 1 aromatic carbocycles. The highest BCUT2D eigenvalue weighted by Crippen LogP contribution is 2.29. The van der Waals surface area contributed by atoms with Crippen molar-refractivity contribution in [2.75, 3.05) is 25.6 Å². The number of benzene rings is 1. The lowest BCUT2D eigenvalue weighted by Gasteiger charge is -2.18. The first-order valence-electron chi connectivity index (χ1n) is 12.8. The molecule has 39 heavy (non-hydrogen) atoms. The number of pyridine rings is 2. The van der Waals surface area contributed by atoms with Gasteiger partial charge in [-0.2, -0.15) is 5.10 Å². The summed E-state index contributed by atoms with van der Waals surface area (Å²) >= 11 is 0. The Morgan fingerprint density at radius 3 is 2.92 bits per heavy atom. The van der Waals surface area contributed by atoms with Crippen LogP contribution in [0.3, 0.4) is 0 Å². The predicted molar refractivity (Wildman–Crippen MR) is 144 cm³/mol. The molecule has 0 fully saturated rings. The van der Waals surface area contributed by atoms with Crippen LogP contribution in [0, 0.1) is 0 Å². The van der Waals surface area contributed by atoms with E-state index in [1.807, 2.05) is 24.3 Å². The smallest absolute Gasteiger partial charge is 0.407 e. The summed E-state index contributed by atoms with van der Waals surface area (Å²) in [5.74, 6) is 0.710. The van der Waals surface area contributed by atoms with Gasteiger partial charge in [-0.1, -0.05) is 6.07 Å². The first kappa shape index (κ1) is 26.0. The van der Waals surface area contributed by atoms with Crippen molar-refractivity contribution in [2.24, 2.45) is 0 Å². The lowest BCUT2D eigenvalue weighted by molar-refractivity contribution is -0.137. The van der Waals surface area contributed by atoms with Crippen molar-refractivity contribution >= 4 is 28.8 Å². The molecule has 11 heteroatoms. The van der Waals surface area contributed by atoms with Gasteiger partial charge in [-0.05, 0) is 59.9 Å². The number of hydrogen-bond donors (Lipinski definition) is 3. The molecule has 0 saturated carbocycles. The molecule has 0 aliphatic carbocycles. The number of nitrogens with one attached hydrogen (secondary N) is 2. The fraction of sp³-hybridized carbons (Fsp3) is 0.321. The van der Waals surface area contributed by atoms with Gasteiger partial charge in [0.2, 0.25) is 0 Å². The third kappa shape index (κ3) is 6.25. The summed E-state index contributed by atoms with van der Waals surface area (Å²) in [5.41, 5.74) is 4.39. The third-order valence-electron chi connectivity index (χ3n) is 6.63. The van der Waals surface area contributed by atoms with Crippen molar-refractivity contribution in [3.8, 4) is 5.75 Å². The molecule has 1 aliphatic rings. The fourth-order valence-electron chi connectivity index (χ4n) is 4.69. The van der Waals surface area contributed by atoms with Crippen molar-refractivity contribution in [3.63, 3.8) is 0 Å². The van der Waals surface area contributed by atoms with E-state index in [1.165, 1.54) is 12.7 Å². The number of aliphatic carboxylic acids is 1. The minimum absolute atomic E-state index is 0.187. The lowest BCUT2D eigenvalue weighted by Crippen LogP contribution is -2.23. The number of methoxy groups -OCH3 is 1. The van der Waals surface area contributed by atoms with Gasteiger partial charge in [-0.15, -0.1) is 0 Å². The van der Waals surface area contributed by atoms with Crippen molar-refractivity contribution in [3.05, 3.63) is 77.4 Å². The quantitative estimate of drug-likeness (QED) is 0.280. The Bertz CT molecular complexity index is 1490. The van der Waals surface area contributed by atoms with Crippen LogP contribution in [0.2, 0.25) is 0 Å². The number of nitrogens with zero attached hydrogens (tertiary/aromatic N) is 4. The lowest BCUT2D eigenvalue weighted by atomic mass is 10.0. The summed E-state index contributed by atoms with van der Waals surface area (Å²) in [7, 11) is 1.29. The molecule has 1 aliphatic heterocycles. The summed E-state index contributed by atoms with van der Waals surface area (Å²) in [6.45, 7) is 1.63. The second-order valence-electron chi connectivity index (χ2n) is 9.33. The second kappa shape index (κ2) is 11.8. The van der Waals surface area contributed by atoms with Crippen molar-refractivity contribution in [1.29, 1.82) is 0 Å². The van der Waals surface area contributed by atoms with Gasteiger partial charge in [0, 0.05) is 43.0 Å². The van der Waals surface area contributed by atoms with Gasteiger partial charge < -0.3 is 25.2 Å². The molecule has 0 unspecified atom stereocenters. The molecule has 3 aromatic heterocycles. The molecule has 3 N–H and O–H groups in total. The summed E-state index contributed by atoms with van der Waals surface area (Å²) in [5, 5.41) is 20.9. The molecule has 0 bridgehead atoms. The number of carboxylic acid groups (broad SMARTS) is 1. The van der Waals surface area contributed by atoms with Crippen molar-refractivity contribution in [1.82, 2.24) is 25.1 Å². The van der Waals surface area contributed by atoms with Gasteiger partial charge in [0.25, 0.3) is 0 Å². The van der Waals surface area contributed by atoms with Crippen molar-refractivity contribution in [2.45, 2.75) is 38.3 Å². The fourth-order valence-corrected chi connectivity index (χ4v) is 4.69. The van der Waals surface area contributed by atoms with Crippen LogP contribution >= 0.6 is 0 Å². The predicted octanol–water partition coefficient (Wildman–Crippen LogP) is 3.73. The number of carbonyl (C=O) groups is 2. The number of rotatable bonds is 10. The number of carbonyl (C=O) groups excluding carboxylic acids is 1. The van der Waals surface area contributed by atoms with E-state index >= 15 is 0 Å². The molecule has 0 spiro atoms. The van der Waals surface area contributed by atoms with Crippen LogP contribution in [0.5, 0.6) is 5.75 Å². The summed E-state index contributed by atoms with van der Waals surface area (Å²) in [4.78, 5) is 32.2. The Balaban J connectivity index is 1.30. The molecule has 11 nitrogen and oxygen atoms in total. The average Bonchev–Trinajstić information content (AvgIpc) is 3.37. The van der Waals surface area contributed by atoms with Gasteiger partial charge >= 0.3 is 12.1 Å². The van der Waals surface area contributed by atoms with Gasteiger partial charge in [0.05, 0.1) is 37.9 Å². The molecule has 0 radical (unpaired) electrons. The first-order chi connectivity index (χ1) is 19.0. The number of anilines is 1. The molecule has 4 aromatic rings. The Labute approximate surface area is 225 Å². The van der Waals surface area contributed by atoms with Crippen molar-refractivity contribution < 1.29 is 24.2 Å². The standard InChI is InChI=1S/C28H30N6O5/c1-38-28(37)31-15-18-11-20(16-29-14-18)25(13-26(35)36)34-24-7-6-23(12-21(24)17-32-34)39-10-8-22-5-4-19-3-2-9-30-27(19)33-22/h4-7,11-12,14,16-17,25H,2-3,8-10,13,15H2,1H3,(H,30,33)(H,31,37)(H,35,36)/t25-/m0/s1. The van der Waals surface area contributed by atoms with Crippen LogP contribution in [-0.4, -0.2) is 57.2 Å². The zero-order valence-electron chi connectivity index (χ0n) is 21.6. The van der Waals surface area contributed by atoms with E-state index in [0.29, 0.717) is 29.9 Å². The largest absolute Gasteiger partial charge is 0.493 e. The maximum Gasteiger partial charge on any atom is 0.407 e. The zero-order chi connectivity index (χ0) is 27.2. The monoisotopic (exact) mass is 530 g/mol. The van der Waals surface area contributed by atoms with Gasteiger partial charge in [0.15, 0.2) is 0 Å². The van der Waals surface area contributed by atoms with Crippen LogP contribution in [0.1, 0.15) is 41.3 Å². The molecule has 1 amide bonds. The number of amides is 1. The van der Waals surface area contributed by atoms with E-state index in [9.17, 15) is 14.7 Å². The normalized spacial score (nSPS) is 13.3. The summed E-state index contributed by atoms with van der Waals surface area (Å²) in [6.07, 6.45) is 7.04. The van der Waals surface area contributed by atoms with Crippen LogP contribution in [-0.2, 0) is 28.9 Å². The Morgan fingerprint density at radius 2 is 2.08 bits per heavy atom. The highest BCUT2D eigenvalue weighted by molar-refractivity contribution is 5.81. The van der Waals surface area contributed by atoms with Crippen LogP contribution in [0.15, 0.2) is 55.0 Å². The van der Waals surface area contributed by atoms with E-state index in [2.05, 4.69) is 37.6 Å². The number of carboxylic acids is 1. The molecular weight excluding hydrogens is 500 g/mol. The minimum atomic E-state index is -0.965. The Kier molecular flexibility index (Phi) is 7.86. The van der Waals surface area contributed by atoms with E-state index in [-0.39, 0.29) is 13.0 Å². The highest BCUT2D eigenvalue weighted by atomic mass is 16.5. The second-order valence-corrected chi connectivity index (χ2v) is 9.33. The third-order valence-corrected chi connectivity index (χ3v) is 6.63. The molecule has 0 saturated heterocycles. The van der Waals surface area contributed by atoms with E-state index in [0.717, 1.165) is 41.8 Å². The Hall–Kier alpha value is -4.67. The number of alkyl carbamates (subject to hydrolysis) is 1. The van der Waals surface area contributed by atoms with Gasteiger partial charge in [-0.3, -0.25) is 14.5 Å². The Morgan fingerprint density at radius 1 is 1.18 bits per heavy atom. The zero-order valence-corrected chi connectivity index (χ0v) is 21.6. The number of ether oxygens (including phenoxy) is 2. The minimum Gasteiger partial charge on any atom is -0.493 e. The number of aromatic nitrogens is 4. The molecule has 5 rings (SSSR count). The maximum atomic E-state index is 11.8. The number of hydrogen-bond acceptors (Lipinski definition) is 8. The van der Waals surface area contributed by atoms with Crippen LogP contribution in [0.25, 0.3) is 10.9 Å². The van der Waals surface area contributed by atoms with Gasteiger partial charge in [0.1, 0.15) is 11.6 Å². The maximum absolute atomic E-state index is 11.8. The number of aryl methyl sites for hydroxylation is 1. The van der Waals surface area contributed by atoms with E-state index in [4.69, 9.17) is 9.72 Å². The average molecular weight is 531 g/mol. The molecular formula is C28H30N6O5. The van der Waals surface area contributed by atoms with Crippen LogP contribution < -0.4 is 15.4 Å². The SMILES string of the molecule is COC(=O)NCc1cncc([C@H](CC(=O)O)n2ncc3cc(OCCc4ccc5c(n4)NCCC5)ccc32)c1. The summed E-state index contributed by atoms with van der Waals surface area (Å²) < 4.78 is 12.3. The van der Waals surface area contributed by atoms with Gasteiger partial charge in [-0.25, -0.2) is 9.78 Å². The summed E-state index contributed by atoms with van der Waals surface area (Å²) in [6, 6.07) is 11.0. The highest BCUT2D eigenvalue weighted by Gasteiger charge is 2.22. The van der Waals surface area contributed by atoms with E-state index in [1.54, 1.807) is 23.3 Å².